The molecule has 0 saturated carbocycles. The zero-order valence-electron chi connectivity index (χ0n) is 5.57. The van der Waals surface area contributed by atoms with Crippen LogP contribution in [0.25, 0.3) is 0 Å². The van der Waals surface area contributed by atoms with Gasteiger partial charge < -0.3 is 9.52 Å². The highest BCUT2D eigenvalue weighted by molar-refractivity contribution is 5.88. The van der Waals surface area contributed by atoms with E-state index in [0.717, 1.165) is 0 Å². The molecule has 1 aromatic heterocycles. The number of carbonyl (C=O) groups is 1. The van der Waals surface area contributed by atoms with Crippen molar-refractivity contribution in [2.45, 2.75) is 6.42 Å². The molecule has 0 spiro atoms. The van der Waals surface area contributed by atoms with Gasteiger partial charge in [-0.3, -0.25) is 0 Å². The summed E-state index contributed by atoms with van der Waals surface area (Å²) in [5.74, 6) is -0.857. The summed E-state index contributed by atoms with van der Waals surface area (Å²) < 4.78 is 4.76. The van der Waals surface area contributed by atoms with E-state index in [1.54, 1.807) is 0 Å². The van der Waals surface area contributed by atoms with Crippen LogP contribution in [0.15, 0.2) is 16.7 Å². The number of nitriles is 1. The summed E-state index contributed by atoms with van der Waals surface area (Å²) >= 11 is 0. The maximum absolute atomic E-state index is 10.4. The van der Waals surface area contributed by atoms with Gasteiger partial charge in [0.25, 0.3) is 0 Å². The number of hydrogen-bond acceptors (Lipinski definition) is 3. The second-order valence-corrected chi connectivity index (χ2v) is 1.90. The van der Waals surface area contributed by atoms with E-state index in [9.17, 15) is 4.79 Å². The number of carboxylic acids is 1. The van der Waals surface area contributed by atoms with E-state index >= 15 is 0 Å². The number of rotatable bonds is 2. The summed E-state index contributed by atoms with van der Waals surface area (Å²) in [4.78, 5) is 10.4. The summed E-state index contributed by atoms with van der Waals surface area (Å²) in [5.41, 5.74) is 0.0616. The average molecular weight is 151 g/mol. The van der Waals surface area contributed by atoms with Crippen LogP contribution in [0.4, 0.5) is 0 Å². The minimum absolute atomic E-state index is 0.00532. The number of nitrogens with zero attached hydrogens (tertiary/aromatic N) is 1. The largest absolute Gasteiger partial charge is 0.478 e. The van der Waals surface area contributed by atoms with Crippen LogP contribution in [0.1, 0.15) is 16.1 Å². The van der Waals surface area contributed by atoms with E-state index in [4.69, 9.17) is 14.8 Å². The molecule has 1 heterocycles. The topological polar surface area (TPSA) is 74.2 Å². The molecule has 0 bridgehead atoms. The predicted molar refractivity (Wildman–Crippen MR) is 35.0 cm³/mol. The lowest BCUT2D eigenvalue weighted by atomic mass is 10.2. The number of aromatic carboxylic acids is 1. The smallest absolute Gasteiger partial charge is 0.339 e. The van der Waals surface area contributed by atoms with Gasteiger partial charge >= 0.3 is 5.97 Å². The van der Waals surface area contributed by atoms with E-state index in [-0.39, 0.29) is 17.7 Å². The molecule has 4 heteroatoms. The SMILES string of the molecule is N#CCc1occc1C(=O)O. The third kappa shape index (κ3) is 1.38. The Morgan fingerprint density at radius 1 is 1.82 bits per heavy atom. The highest BCUT2D eigenvalue weighted by Gasteiger charge is 2.11. The van der Waals surface area contributed by atoms with Crippen LogP contribution in [-0.4, -0.2) is 11.1 Å². The molecule has 0 aliphatic rings. The van der Waals surface area contributed by atoms with Gasteiger partial charge in [0.05, 0.1) is 18.8 Å². The quantitative estimate of drug-likeness (QED) is 0.685. The van der Waals surface area contributed by atoms with Crippen LogP contribution in [0, 0.1) is 11.3 Å². The summed E-state index contributed by atoms with van der Waals surface area (Å²) in [7, 11) is 0. The molecule has 0 amide bonds. The molecule has 0 saturated heterocycles. The molecule has 56 valence electrons. The van der Waals surface area contributed by atoms with Crippen molar-refractivity contribution < 1.29 is 14.3 Å². The van der Waals surface area contributed by atoms with E-state index in [1.807, 2.05) is 6.07 Å². The van der Waals surface area contributed by atoms with Gasteiger partial charge in [-0.25, -0.2) is 4.79 Å². The monoisotopic (exact) mass is 151 g/mol. The van der Waals surface area contributed by atoms with Crippen molar-refractivity contribution in [3.63, 3.8) is 0 Å². The van der Waals surface area contributed by atoms with E-state index in [2.05, 4.69) is 0 Å². The summed E-state index contributed by atoms with van der Waals surface area (Å²) in [6, 6.07) is 3.14. The second kappa shape index (κ2) is 2.88. The fraction of sp³-hybridized carbons (Fsp3) is 0.143. The Kier molecular flexibility index (Phi) is 1.93. The minimum Gasteiger partial charge on any atom is -0.478 e. The van der Waals surface area contributed by atoms with Crippen LogP contribution >= 0.6 is 0 Å². The standard InChI is InChI=1S/C7H5NO3/c8-3-1-6-5(7(9)10)2-4-11-6/h2,4H,1H2,(H,9,10). The lowest BCUT2D eigenvalue weighted by Crippen LogP contribution is -1.97. The van der Waals surface area contributed by atoms with Crippen molar-refractivity contribution in [1.82, 2.24) is 0 Å². The number of carboxylic acid groups (broad SMARTS) is 1. The van der Waals surface area contributed by atoms with Gasteiger partial charge in [-0.1, -0.05) is 0 Å². The van der Waals surface area contributed by atoms with Gasteiger partial charge in [-0.05, 0) is 6.07 Å². The Balaban J connectivity index is 2.98. The zero-order chi connectivity index (χ0) is 8.27. The molecular weight excluding hydrogens is 146 g/mol. The highest BCUT2D eigenvalue weighted by atomic mass is 16.4. The van der Waals surface area contributed by atoms with Gasteiger partial charge in [0.1, 0.15) is 11.3 Å². The Bertz CT molecular complexity index is 308. The molecule has 0 aromatic carbocycles. The molecular formula is C7H5NO3. The van der Waals surface area contributed by atoms with Crippen molar-refractivity contribution >= 4 is 5.97 Å². The lowest BCUT2D eigenvalue weighted by molar-refractivity contribution is 0.0695. The maximum atomic E-state index is 10.4. The van der Waals surface area contributed by atoms with Gasteiger partial charge in [-0.2, -0.15) is 5.26 Å². The molecule has 1 N–H and O–H groups in total. The second-order valence-electron chi connectivity index (χ2n) is 1.90. The van der Waals surface area contributed by atoms with Crippen LogP contribution < -0.4 is 0 Å². The Morgan fingerprint density at radius 2 is 2.55 bits per heavy atom. The van der Waals surface area contributed by atoms with Crippen LogP contribution in [0.2, 0.25) is 0 Å². The predicted octanol–water partition coefficient (Wildman–Crippen LogP) is 1.04. The van der Waals surface area contributed by atoms with E-state index in [1.165, 1.54) is 12.3 Å². The van der Waals surface area contributed by atoms with Crippen molar-refractivity contribution in [3.8, 4) is 6.07 Å². The van der Waals surface area contributed by atoms with E-state index < -0.39 is 5.97 Å². The molecule has 0 radical (unpaired) electrons. The molecule has 0 unspecified atom stereocenters. The lowest BCUT2D eigenvalue weighted by Gasteiger charge is -1.88. The average Bonchev–Trinajstić information content (AvgIpc) is 2.36. The highest BCUT2D eigenvalue weighted by Crippen LogP contribution is 2.10. The van der Waals surface area contributed by atoms with Crippen LogP contribution in [0.5, 0.6) is 0 Å². The molecule has 0 atom stereocenters. The number of furan rings is 1. The Hall–Kier alpha value is -1.76. The molecule has 0 fully saturated rings. The minimum atomic E-state index is -1.07. The van der Waals surface area contributed by atoms with Gasteiger partial charge in [0.2, 0.25) is 0 Å². The summed E-state index contributed by atoms with van der Waals surface area (Å²) in [5, 5.41) is 16.8. The zero-order valence-corrected chi connectivity index (χ0v) is 5.57. The van der Waals surface area contributed by atoms with Crippen molar-refractivity contribution in [1.29, 1.82) is 5.26 Å². The first-order valence-electron chi connectivity index (χ1n) is 2.92. The number of hydrogen-bond donors (Lipinski definition) is 1. The third-order valence-corrected chi connectivity index (χ3v) is 1.22. The van der Waals surface area contributed by atoms with E-state index in [0.29, 0.717) is 0 Å². The Morgan fingerprint density at radius 3 is 3.09 bits per heavy atom. The van der Waals surface area contributed by atoms with Crippen molar-refractivity contribution in [2.75, 3.05) is 0 Å². The van der Waals surface area contributed by atoms with Gasteiger partial charge in [0.15, 0.2) is 0 Å². The third-order valence-electron chi connectivity index (χ3n) is 1.22. The first-order chi connectivity index (χ1) is 5.25. The summed E-state index contributed by atoms with van der Waals surface area (Å²) in [6.45, 7) is 0. The Labute approximate surface area is 62.7 Å². The molecule has 0 aliphatic carbocycles. The first-order valence-corrected chi connectivity index (χ1v) is 2.92. The summed E-state index contributed by atoms with van der Waals surface area (Å²) in [6.07, 6.45) is 1.25. The molecule has 0 aliphatic heterocycles. The van der Waals surface area contributed by atoms with Crippen molar-refractivity contribution in [2.24, 2.45) is 0 Å². The van der Waals surface area contributed by atoms with Crippen LogP contribution in [0.3, 0.4) is 0 Å². The molecule has 1 rings (SSSR count). The molecule has 11 heavy (non-hydrogen) atoms. The van der Waals surface area contributed by atoms with Gasteiger partial charge in [-0.15, -0.1) is 0 Å². The molecule has 4 nitrogen and oxygen atoms in total. The fourth-order valence-electron chi connectivity index (χ4n) is 0.740. The van der Waals surface area contributed by atoms with Crippen molar-refractivity contribution in [3.05, 3.63) is 23.7 Å². The molecule has 1 aromatic rings. The first kappa shape index (κ1) is 7.35. The van der Waals surface area contributed by atoms with Crippen LogP contribution in [-0.2, 0) is 6.42 Å². The normalized spacial score (nSPS) is 9.00. The maximum Gasteiger partial charge on any atom is 0.339 e. The van der Waals surface area contributed by atoms with Gasteiger partial charge in [0, 0.05) is 0 Å². The fourth-order valence-corrected chi connectivity index (χ4v) is 0.740.